The molecule has 0 bridgehead atoms. The van der Waals surface area contributed by atoms with Gasteiger partial charge in [0.2, 0.25) is 0 Å². The molecule has 330 valence electrons. The van der Waals surface area contributed by atoms with Crippen LogP contribution in [0.1, 0.15) is 43.6 Å². The molecule has 0 aliphatic heterocycles. The molecule has 0 aromatic heterocycles. The Morgan fingerprint density at radius 2 is 0.710 bits per heavy atom. The summed E-state index contributed by atoms with van der Waals surface area (Å²) in [7, 11) is 0. The highest BCUT2D eigenvalue weighted by molar-refractivity contribution is 6.05. The number of rotatable bonds is 10. The highest BCUT2D eigenvalue weighted by Crippen LogP contribution is 2.49. The average Bonchev–Trinajstić information content (AvgIpc) is 3.44. The van der Waals surface area contributed by atoms with Crippen molar-refractivity contribution in [2.45, 2.75) is 38.0 Å². The first kappa shape index (κ1) is 42.1. The van der Waals surface area contributed by atoms with Crippen LogP contribution in [0.2, 0.25) is 0 Å². The lowest BCUT2D eigenvalue weighted by atomic mass is 9.80. The van der Waals surface area contributed by atoms with Crippen LogP contribution in [-0.2, 0) is 0 Å². The van der Waals surface area contributed by atoms with Crippen molar-refractivity contribution in [2.75, 3.05) is 4.90 Å². The molecule has 1 aliphatic rings. The molecule has 11 aromatic rings. The highest BCUT2D eigenvalue weighted by Gasteiger charge is 2.25. The van der Waals surface area contributed by atoms with Crippen molar-refractivity contribution in [1.82, 2.24) is 0 Å². The Morgan fingerprint density at radius 1 is 0.275 bits per heavy atom. The lowest BCUT2D eigenvalue weighted by Crippen LogP contribution is -2.13. The molecule has 0 amide bonds. The second-order valence-corrected chi connectivity index (χ2v) is 18.6. The molecule has 11 aromatic carbocycles. The first-order chi connectivity index (χ1) is 34.3. The normalized spacial score (nSPS) is 12.9. The first-order valence-corrected chi connectivity index (χ1v) is 24.7. The summed E-state index contributed by atoms with van der Waals surface area (Å²) in [6, 6.07) is 94.0. The van der Waals surface area contributed by atoms with Crippen molar-refractivity contribution in [3.63, 3.8) is 0 Å². The second kappa shape index (κ2) is 18.8. The van der Waals surface area contributed by atoms with E-state index in [-0.39, 0.29) is 0 Å². The first-order valence-electron chi connectivity index (χ1n) is 24.7. The van der Waals surface area contributed by atoms with E-state index in [0.29, 0.717) is 5.92 Å². The van der Waals surface area contributed by atoms with Crippen LogP contribution in [-0.4, -0.2) is 0 Å². The van der Waals surface area contributed by atoms with Gasteiger partial charge in [-0.3, -0.25) is 0 Å². The molecule has 1 fully saturated rings. The maximum Gasteiger partial charge on any atom is 0.0540 e. The molecule has 0 atom stereocenters. The molecule has 0 N–H and O–H groups in total. The van der Waals surface area contributed by atoms with E-state index in [1.165, 1.54) is 126 Å². The molecular formula is C68H53N. The average molecular weight is 884 g/mol. The predicted molar refractivity (Wildman–Crippen MR) is 295 cm³/mol. The zero-order valence-corrected chi connectivity index (χ0v) is 38.8. The molecule has 1 heteroatoms. The Kier molecular flexibility index (Phi) is 11.5. The molecule has 0 heterocycles. The van der Waals surface area contributed by atoms with E-state index < -0.39 is 0 Å². The molecule has 1 nitrogen and oxygen atoms in total. The SMILES string of the molecule is c1ccc(-c2ccccc2-c2ccccc2-c2ccccc2N(c2ccc(-c3ccc(-c4cccc5ccccc45)cc3)cc2)c2ccccc2-c2cccc3cccc(C4CCCCC4)c23)cc1. The minimum atomic E-state index is 0.566. The lowest BCUT2D eigenvalue weighted by Gasteiger charge is -2.31. The summed E-state index contributed by atoms with van der Waals surface area (Å²) in [5.41, 5.74) is 19.4. The standard InChI is InChI=1S/C68H53N/c1-3-20-50(21-4-1)58-29-9-10-30-60(58)61-31-11-12-32-62(61)63-33-13-15-38-66(63)69(55-46-44-49(45-47-55)48-40-42-53(43-41-48)57-35-17-25-51-24-7-8-28-56(51)57)67-39-16-14-34-64(67)65-37-19-27-54-26-18-36-59(68(54)65)52-22-5-2-6-23-52/h1,3-4,7-21,24-47,52H,2,5-6,22-23H2. The number of hydrogen-bond donors (Lipinski definition) is 0. The Hall–Kier alpha value is -8.26. The van der Waals surface area contributed by atoms with Gasteiger partial charge in [0, 0.05) is 16.8 Å². The van der Waals surface area contributed by atoms with Gasteiger partial charge in [0.25, 0.3) is 0 Å². The summed E-state index contributed by atoms with van der Waals surface area (Å²) in [4.78, 5) is 2.51. The molecular weight excluding hydrogens is 831 g/mol. The molecule has 0 radical (unpaired) electrons. The number of benzene rings is 11. The van der Waals surface area contributed by atoms with E-state index >= 15 is 0 Å². The minimum Gasteiger partial charge on any atom is -0.309 e. The summed E-state index contributed by atoms with van der Waals surface area (Å²) in [6.45, 7) is 0. The van der Waals surface area contributed by atoms with Gasteiger partial charge in [0.05, 0.1) is 11.4 Å². The van der Waals surface area contributed by atoms with Crippen LogP contribution in [0, 0.1) is 0 Å². The minimum absolute atomic E-state index is 0.566. The van der Waals surface area contributed by atoms with Crippen LogP contribution in [0.25, 0.3) is 88.3 Å². The smallest absolute Gasteiger partial charge is 0.0540 e. The molecule has 69 heavy (non-hydrogen) atoms. The largest absolute Gasteiger partial charge is 0.309 e. The fourth-order valence-electron chi connectivity index (χ4n) is 11.2. The van der Waals surface area contributed by atoms with Crippen LogP contribution in [0.3, 0.4) is 0 Å². The molecule has 12 rings (SSSR count). The predicted octanol–water partition coefficient (Wildman–Crippen LogP) is 19.5. The van der Waals surface area contributed by atoms with Crippen LogP contribution < -0.4 is 4.90 Å². The number of nitrogens with zero attached hydrogens (tertiary/aromatic N) is 1. The van der Waals surface area contributed by atoms with E-state index in [1.54, 1.807) is 0 Å². The summed E-state index contributed by atoms with van der Waals surface area (Å²) in [5.74, 6) is 0.566. The Bertz CT molecular complexity index is 3570. The molecule has 0 saturated heterocycles. The maximum atomic E-state index is 2.51. The Morgan fingerprint density at radius 3 is 1.39 bits per heavy atom. The summed E-state index contributed by atoms with van der Waals surface area (Å²) in [6.07, 6.45) is 6.43. The molecule has 1 saturated carbocycles. The van der Waals surface area contributed by atoms with Gasteiger partial charge in [-0.25, -0.2) is 0 Å². The fraction of sp³-hybridized carbons (Fsp3) is 0.0882. The third-order valence-electron chi connectivity index (χ3n) is 14.5. The highest BCUT2D eigenvalue weighted by atomic mass is 15.1. The van der Waals surface area contributed by atoms with Gasteiger partial charge in [-0.15, -0.1) is 0 Å². The number of anilines is 3. The van der Waals surface area contributed by atoms with Crippen molar-refractivity contribution in [3.05, 3.63) is 260 Å². The van der Waals surface area contributed by atoms with Gasteiger partial charge in [0.15, 0.2) is 0 Å². The van der Waals surface area contributed by atoms with E-state index in [9.17, 15) is 0 Å². The fourth-order valence-corrected chi connectivity index (χ4v) is 11.2. The van der Waals surface area contributed by atoms with Gasteiger partial charge in [-0.1, -0.05) is 250 Å². The summed E-state index contributed by atoms with van der Waals surface area (Å²) >= 11 is 0. The third-order valence-corrected chi connectivity index (χ3v) is 14.5. The number of hydrogen-bond acceptors (Lipinski definition) is 1. The Labute approximate surface area is 406 Å². The quantitative estimate of drug-likeness (QED) is 0.132. The zero-order valence-electron chi connectivity index (χ0n) is 38.8. The monoisotopic (exact) mass is 883 g/mol. The van der Waals surface area contributed by atoms with Crippen LogP contribution in [0.15, 0.2) is 255 Å². The van der Waals surface area contributed by atoms with Crippen molar-refractivity contribution in [1.29, 1.82) is 0 Å². The molecule has 1 aliphatic carbocycles. The van der Waals surface area contributed by atoms with E-state index in [0.717, 1.165) is 17.1 Å². The summed E-state index contributed by atoms with van der Waals surface area (Å²) < 4.78 is 0. The summed E-state index contributed by atoms with van der Waals surface area (Å²) in [5, 5.41) is 5.22. The van der Waals surface area contributed by atoms with E-state index in [1.807, 2.05) is 0 Å². The van der Waals surface area contributed by atoms with E-state index in [4.69, 9.17) is 0 Å². The van der Waals surface area contributed by atoms with Crippen molar-refractivity contribution >= 4 is 38.6 Å². The van der Waals surface area contributed by atoms with Gasteiger partial charge in [-0.05, 0) is 126 Å². The lowest BCUT2D eigenvalue weighted by molar-refractivity contribution is 0.445. The van der Waals surface area contributed by atoms with Crippen molar-refractivity contribution < 1.29 is 0 Å². The van der Waals surface area contributed by atoms with Gasteiger partial charge >= 0.3 is 0 Å². The van der Waals surface area contributed by atoms with Crippen LogP contribution in [0.5, 0.6) is 0 Å². The third kappa shape index (κ3) is 8.11. The number of fused-ring (bicyclic) bond motifs is 2. The topological polar surface area (TPSA) is 3.24 Å². The van der Waals surface area contributed by atoms with Crippen LogP contribution >= 0.6 is 0 Å². The molecule has 0 spiro atoms. The van der Waals surface area contributed by atoms with Crippen molar-refractivity contribution in [3.8, 4) is 66.8 Å². The number of para-hydroxylation sites is 2. The van der Waals surface area contributed by atoms with E-state index in [2.05, 4.69) is 260 Å². The van der Waals surface area contributed by atoms with Gasteiger partial charge < -0.3 is 4.90 Å². The van der Waals surface area contributed by atoms with Gasteiger partial charge in [-0.2, -0.15) is 0 Å². The molecule has 0 unspecified atom stereocenters. The maximum absolute atomic E-state index is 2.51. The van der Waals surface area contributed by atoms with Crippen LogP contribution in [0.4, 0.5) is 17.1 Å². The second-order valence-electron chi connectivity index (χ2n) is 18.6. The zero-order chi connectivity index (χ0) is 45.9. The van der Waals surface area contributed by atoms with Crippen molar-refractivity contribution in [2.24, 2.45) is 0 Å². The Balaban J connectivity index is 1.02. The van der Waals surface area contributed by atoms with Gasteiger partial charge in [0.1, 0.15) is 0 Å².